The normalized spacial score (nSPS) is 7.69. The number of carbonyl (C=O) groups excluding carboxylic acids is 1. The number of ether oxygens (including phenoxy) is 1. The molecule has 0 rings (SSSR count). The average molecular weight is 341 g/mol. The van der Waals surface area contributed by atoms with Crippen molar-refractivity contribution in [3.63, 3.8) is 0 Å². The Bertz CT molecular complexity index is 253. The first-order valence-corrected chi connectivity index (χ1v) is 6.25. The highest BCUT2D eigenvalue weighted by atomic mass is 127. The minimum absolute atomic E-state index is 0.458. The fraction of sp³-hybridized carbons (Fsp3) is 0.600. The number of carbonyl (C=O) groups is 2. The Balaban J connectivity index is 0. The first-order chi connectivity index (χ1) is 7.54. The maximum atomic E-state index is 10.8. The van der Waals surface area contributed by atoms with Gasteiger partial charge in [0.05, 0.1) is 4.43 Å². The van der Waals surface area contributed by atoms with E-state index in [0.29, 0.717) is 11.0 Å². The molecule has 0 atom stereocenters. The molecule has 2 N–H and O–H groups in total. The van der Waals surface area contributed by atoms with Gasteiger partial charge < -0.3 is 15.2 Å². The molecule has 0 spiro atoms. The number of alkyl halides is 1. The predicted molar refractivity (Wildman–Crippen MR) is 69.4 cm³/mol. The summed E-state index contributed by atoms with van der Waals surface area (Å²) in [4.78, 5) is 19.8. The van der Waals surface area contributed by atoms with E-state index in [2.05, 4.69) is 51.6 Å². The summed E-state index contributed by atoms with van der Waals surface area (Å²) in [5.41, 5.74) is 0. The van der Waals surface area contributed by atoms with Crippen molar-refractivity contribution in [2.24, 2.45) is 0 Å². The number of nitrogens with one attached hydrogen (secondary N) is 1. The van der Waals surface area contributed by atoms with Gasteiger partial charge in [-0.25, -0.2) is 4.79 Å². The molecule has 1 amide bonds. The lowest BCUT2D eigenvalue weighted by molar-refractivity contribution is -0.134. The molecule has 6 heteroatoms. The summed E-state index contributed by atoms with van der Waals surface area (Å²) in [6, 6.07) is 0. The van der Waals surface area contributed by atoms with Crippen LogP contribution in [-0.4, -0.2) is 28.1 Å². The van der Waals surface area contributed by atoms with Crippen molar-refractivity contribution in [2.75, 3.05) is 11.0 Å². The number of alkyl carbamates (subject to hydrolysis) is 1. The van der Waals surface area contributed by atoms with Crippen molar-refractivity contribution in [2.45, 2.75) is 26.7 Å². The van der Waals surface area contributed by atoms with Gasteiger partial charge in [-0.3, -0.25) is 4.79 Å². The lowest BCUT2D eigenvalue weighted by Gasteiger charge is -1.98. The molecule has 0 aromatic carbocycles. The van der Waals surface area contributed by atoms with E-state index in [9.17, 15) is 4.79 Å². The van der Waals surface area contributed by atoms with Crippen molar-refractivity contribution in [3.05, 3.63) is 0 Å². The van der Waals surface area contributed by atoms with Crippen LogP contribution in [-0.2, 0) is 9.53 Å². The smallest absolute Gasteiger partial charge is 0.421 e. The molecule has 0 saturated heterocycles. The molecule has 0 fully saturated rings. The van der Waals surface area contributed by atoms with Crippen molar-refractivity contribution < 1.29 is 19.4 Å². The molecule has 5 nitrogen and oxygen atoms in total. The molecule has 0 aliphatic rings. The van der Waals surface area contributed by atoms with Crippen molar-refractivity contribution in [1.82, 2.24) is 5.32 Å². The number of aliphatic carboxylic acids is 1. The minimum Gasteiger partial charge on any atom is -0.481 e. The minimum atomic E-state index is -0.833. The van der Waals surface area contributed by atoms with Crippen molar-refractivity contribution >= 4 is 34.7 Å². The molecule has 16 heavy (non-hydrogen) atoms. The van der Waals surface area contributed by atoms with Gasteiger partial charge in [-0.1, -0.05) is 35.9 Å². The van der Waals surface area contributed by atoms with E-state index in [1.165, 1.54) is 0 Å². The Morgan fingerprint density at radius 3 is 2.50 bits per heavy atom. The Labute approximate surface area is 109 Å². The second-order valence-corrected chi connectivity index (χ2v) is 3.36. The Morgan fingerprint density at radius 1 is 1.50 bits per heavy atom. The average Bonchev–Trinajstić information content (AvgIpc) is 2.18. The maximum absolute atomic E-state index is 10.8. The number of rotatable bonds is 3. The van der Waals surface area contributed by atoms with Crippen LogP contribution in [0.1, 0.15) is 26.7 Å². The number of hydrogen-bond acceptors (Lipinski definition) is 3. The highest BCUT2D eigenvalue weighted by Gasteiger charge is 1.96. The standard InChI is InChI=1S/C8H12INO2.C2H4O2/c1-2-3-6-10-8(11)12-7-4-5-9;1-2(3)4/h2-3,5-6H2,1H3,(H,10,11);1H3,(H,3,4). The zero-order chi connectivity index (χ0) is 12.8. The molecule has 0 saturated carbocycles. The molecule has 92 valence electrons. The first kappa shape index (κ1) is 17.4. The van der Waals surface area contributed by atoms with E-state index in [1.54, 1.807) is 0 Å². The van der Waals surface area contributed by atoms with Gasteiger partial charge >= 0.3 is 6.09 Å². The summed E-state index contributed by atoms with van der Waals surface area (Å²) in [6.07, 6.45) is 3.86. The van der Waals surface area contributed by atoms with E-state index < -0.39 is 12.1 Å². The van der Waals surface area contributed by atoms with Gasteiger partial charge in [0, 0.05) is 13.5 Å². The van der Waals surface area contributed by atoms with Gasteiger partial charge in [0.15, 0.2) is 0 Å². The summed E-state index contributed by atoms with van der Waals surface area (Å²) in [6.45, 7) is 3.80. The summed E-state index contributed by atoms with van der Waals surface area (Å²) in [5.74, 6) is 1.79. The Morgan fingerprint density at radius 2 is 2.06 bits per heavy atom. The van der Waals surface area contributed by atoms with Crippen LogP contribution in [0.4, 0.5) is 4.79 Å². The number of halogens is 1. The van der Waals surface area contributed by atoms with Crippen LogP contribution in [0.3, 0.4) is 0 Å². The van der Waals surface area contributed by atoms with Gasteiger partial charge in [0.2, 0.25) is 0 Å². The van der Waals surface area contributed by atoms with Gasteiger partial charge in [-0.15, -0.1) is 0 Å². The Hall–Kier alpha value is -0.970. The molecule has 0 heterocycles. The second-order valence-electron chi connectivity index (χ2n) is 2.60. The van der Waals surface area contributed by atoms with E-state index in [-0.39, 0.29) is 0 Å². The summed E-state index contributed by atoms with van der Waals surface area (Å²) in [7, 11) is 0. The number of carboxylic acid groups (broad SMARTS) is 1. The zero-order valence-corrected chi connectivity index (χ0v) is 11.5. The summed E-state index contributed by atoms with van der Waals surface area (Å²) in [5, 5.41) is 9.99. The summed E-state index contributed by atoms with van der Waals surface area (Å²) < 4.78 is 5.18. The van der Waals surface area contributed by atoms with Crippen LogP contribution in [0, 0.1) is 12.0 Å². The highest BCUT2D eigenvalue weighted by Crippen LogP contribution is 1.83. The lowest BCUT2D eigenvalue weighted by atomic mass is 10.3. The third-order valence-corrected chi connectivity index (χ3v) is 1.46. The van der Waals surface area contributed by atoms with Crippen LogP contribution < -0.4 is 5.32 Å². The third-order valence-electron chi connectivity index (χ3n) is 1.08. The number of unbranched alkanes of at least 4 members (excludes halogenated alkanes) is 1. The number of carboxylic acids is 1. The number of hydrogen-bond donors (Lipinski definition) is 2. The molecular formula is C10H16INO4. The van der Waals surface area contributed by atoms with Crippen LogP contribution in [0.15, 0.2) is 0 Å². The van der Waals surface area contributed by atoms with Crippen molar-refractivity contribution in [3.8, 4) is 12.0 Å². The molecule has 0 bridgehead atoms. The van der Waals surface area contributed by atoms with Gasteiger partial charge in [0.1, 0.15) is 6.11 Å². The molecule has 0 aromatic heterocycles. The van der Waals surface area contributed by atoms with Gasteiger partial charge in [0.25, 0.3) is 5.97 Å². The quantitative estimate of drug-likeness (QED) is 0.356. The largest absolute Gasteiger partial charge is 0.481 e. The molecular weight excluding hydrogens is 325 g/mol. The van der Waals surface area contributed by atoms with Crippen LogP contribution in [0.25, 0.3) is 0 Å². The third kappa shape index (κ3) is 23.1. The monoisotopic (exact) mass is 341 g/mol. The molecule has 0 aliphatic carbocycles. The molecule has 0 aromatic rings. The second kappa shape index (κ2) is 14.0. The van der Waals surface area contributed by atoms with Crippen molar-refractivity contribution in [1.29, 1.82) is 0 Å². The summed E-state index contributed by atoms with van der Waals surface area (Å²) >= 11 is 2.08. The Kier molecular flexibility index (Phi) is 15.3. The molecule has 0 unspecified atom stereocenters. The number of amides is 1. The fourth-order valence-corrected chi connectivity index (χ4v) is 0.669. The lowest BCUT2D eigenvalue weighted by Crippen LogP contribution is -2.23. The topological polar surface area (TPSA) is 75.6 Å². The molecule has 0 aliphatic heterocycles. The SMILES string of the molecule is CC(=O)O.CCCCNC(=O)OC#CCI. The van der Waals surface area contributed by atoms with E-state index in [4.69, 9.17) is 9.90 Å². The van der Waals surface area contributed by atoms with E-state index in [0.717, 1.165) is 19.8 Å². The van der Waals surface area contributed by atoms with Crippen LogP contribution in [0.2, 0.25) is 0 Å². The van der Waals surface area contributed by atoms with Gasteiger partial charge in [-0.2, -0.15) is 0 Å². The fourth-order valence-electron chi connectivity index (χ4n) is 0.513. The van der Waals surface area contributed by atoms with Gasteiger partial charge in [-0.05, 0) is 12.3 Å². The molecule has 0 radical (unpaired) electrons. The van der Waals surface area contributed by atoms with E-state index >= 15 is 0 Å². The zero-order valence-electron chi connectivity index (χ0n) is 9.38. The van der Waals surface area contributed by atoms with Crippen LogP contribution >= 0.6 is 22.6 Å². The first-order valence-electron chi connectivity index (χ1n) is 4.72. The predicted octanol–water partition coefficient (Wildman–Crippen LogP) is 2.00. The highest BCUT2D eigenvalue weighted by molar-refractivity contribution is 14.1. The van der Waals surface area contributed by atoms with E-state index in [1.807, 2.05) is 0 Å². The maximum Gasteiger partial charge on any atom is 0.421 e. The van der Waals surface area contributed by atoms with Crippen LogP contribution in [0.5, 0.6) is 0 Å².